The molecular weight excluding hydrogens is 355 g/mol. The van der Waals surface area contributed by atoms with Crippen molar-refractivity contribution in [1.82, 2.24) is 15.3 Å². The maximum absolute atomic E-state index is 13.6. The Morgan fingerprint density at radius 2 is 1.64 bits per heavy atom. The number of benzene rings is 2. The summed E-state index contributed by atoms with van der Waals surface area (Å²) in [7, 11) is 0. The fourth-order valence-electron chi connectivity index (χ4n) is 2.61. The van der Waals surface area contributed by atoms with E-state index in [1.807, 2.05) is 12.1 Å². The number of carbonyl (C=O) groups excluding carboxylic acids is 1. The van der Waals surface area contributed by atoms with Crippen molar-refractivity contribution >= 4 is 17.5 Å². The van der Waals surface area contributed by atoms with Crippen LogP contribution in [0.2, 0.25) is 0 Å². The van der Waals surface area contributed by atoms with Crippen molar-refractivity contribution in [2.45, 2.75) is 32.7 Å². The van der Waals surface area contributed by atoms with Crippen LogP contribution < -0.4 is 10.6 Å². The van der Waals surface area contributed by atoms with Crippen LogP contribution in [0.25, 0.3) is 0 Å². The molecular formula is C22H23FN4O. The van der Waals surface area contributed by atoms with Gasteiger partial charge in [0.15, 0.2) is 0 Å². The summed E-state index contributed by atoms with van der Waals surface area (Å²) in [6.07, 6.45) is 2.88. The van der Waals surface area contributed by atoms with Gasteiger partial charge in [0, 0.05) is 30.2 Å². The Labute approximate surface area is 164 Å². The summed E-state index contributed by atoms with van der Waals surface area (Å²) in [5.74, 6) is -0.311. The lowest BCUT2D eigenvalue weighted by Gasteiger charge is -2.19. The van der Waals surface area contributed by atoms with Crippen molar-refractivity contribution in [2.75, 3.05) is 5.32 Å². The van der Waals surface area contributed by atoms with Gasteiger partial charge in [0.05, 0.1) is 5.56 Å². The molecule has 1 heterocycles. The molecule has 6 heteroatoms. The molecule has 0 saturated heterocycles. The average molecular weight is 378 g/mol. The zero-order valence-electron chi connectivity index (χ0n) is 16.2. The molecule has 144 valence electrons. The van der Waals surface area contributed by atoms with E-state index >= 15 is 0 Å². The van der Waals surface area contributed by atoms with Crippen molar-refractivity contribution in [3.8, 4) is 0 Å². The molecule has 0 aliphatic rings. The maximum atomic E-state index is 13.6. The first-order valence-electron chi connectivity index (χ1n) is 9.04. The Morgan fingerprint density at radius 1 is 1.00 bits per heavy atom. The van der Waals surface area contributed by atoms with Crippen LogP contribution in [0.4, 0.5) is 16.0 Å². The molecule has 5 nitrogen and oxygen atoms in total. The van der Waals surface area contributed by atoms with Crippen molar-refractivity contribution in [3.63, 3.8) is 0 Å². The normalized spacial score (nSPS) is 11.1. The summed E-state index contributed by atoms with van der Waals surface area (Å²) >= 11 is 0. The van der Waals surface area contributed by atoms with Gasteiger partial charge in [-0.25, -0.2) is 14.4 Å². The topological polar surface area (TPSA) is 66.9 Å². The van der Waals surface area contributed by atoms with Gasteiger partial charge in [-0.15, -0.1) is 0 Å². The molecule has 0 bridgehead atoms. The van der Waals surface area contributed by atoms with E-state index in [0.29, 0.717) is 17.1 Å². The molecule has 0 unspecified atom stereocenters. The first-order valence-corrected chi connectivity index (χ1v) is 9.04. The molecule has 0 radical (unpaired) electrons. The minimum atomic E-state index is -0.357. The predicted molar refractivity (Wildman–Crippen MR) is 108 cm³/mol. The number of hydrogen-bond acceptors (Lipinski definition) is 4. The van der Waals surface area contributed by atoms with Crippen LogP contribution in [0.5, 0.6) is 0 Å². The molecule has 0 saturated carbocycles. The summed E-state index contributed by atoms with van der Waals surface area (Å²) in [4.78, 5) is 20.6. The standard InChI is InChI=1S/C22H23FN4O/c1-22(2,3)17-8-10-18(11-9-17)27-21-25-13-16(14-26-21)20(28)24-12-15-6-4-5-7-19(15)23/h4-11,13-14H,12H2,1-3H3,(H,24,28)(H,25,26,27). The summed E-state index contributed by atoms with van der Waals surface area (Å²) in [6, 6.07) is 14.4. The highest BCUT2D eigenvalue weighted by molar-refractivity contribution is 5.93. The number of aromatic nitrogens is 2. The Morgan fingerprint density at radius 3 is 2.25 bits per heavy atom. The number of halogens is 1. The fraction of sp³-hybridized carbons (Fsp3) is 0.227. The van der Waals surface area contributed by atoms with E-state index in [4.69, 9.17) is 0 Å². The van der Waals surface area contributed by atoms with Gasteiger partial charge in [0.1, 0.15) is 5.82 Å². The van der Waals surface area contributed by atoms with Crippen molar-refractivity contribution in [2.24, 2.45) is 0 Å². The lowest BCUT2D eigenvalue weighted by atomic mass is 9.87. The second kappa shape index (κ2) is 8.17. The van der Waals surface area contributed by atoms with Crippen LogP contribution in [0.3, 0.4) is 0 Å². The molecule has 0 fully saturated rings. The van der Waals surface area contributed by atoms with Gasteiger partial charge in [0.25, 0.3) is 5.91 Å². The second-order valence-electron chi connectivity index (χ2n) is 7.52. The SMILES string of the molecule is CC(C)(C)c1ccc(Nc2ncc(C(=O)NCc3ccccc3F)cn2)cc1. The summed E-state index contributed by atoms with van der Waals surface area (Å²) in [6.45, 7) is 6.59. The number of nitrogens with zero attached hydrogens (tertiary/aromatic N) is 2. The molecule has 3 rings (SSSR count). The van der Waals surface area contributed by atoms with Gasteiger partial charge in [-0.3, -0.25) is 4.79 Å². The van der Waals surface area contributed by atoms with Crippen LogP contribution in [0, 0.1) is 5.82 Å². The molecule has 0 spiro atoms. The highest BCUT2D eigenvalue weighted by atomic mass is 19.1. The highest BCUT2D eigenvalue weighted by Crippen LogP contribution is 2.24. The molecule has 1 aromatic heterocycles. The van der Waals surface area contributed by atoms with Gasteiger partial charge in [-0.2, -0.15) is 0 Å². The van der Waals surface area contributed by atoms with Gasteiger partial charge < -0.3 is 10.6 Å². The predicted octanol–water partition coefficient (Wildman–Crippen LogP) is 4.59. The first kappa shape index (κ1) is 19.5. The average Bonchev–Trinajstić information content (AvgIpc) is 2.67. The Kier molecular flexibility index (Phi) is 5.68. The zero-order chi connectivity index (χ0) is 20.1. The van der Waals surface area contributed by atoms with Gasteiger partial charge in [-0.1, -0.05) is 51.1 Å². The Hall–Kier alpha value is -3.28. The lowest BCUT2D eigenvalue weighted by Crippen LogP contribution is -2.23. The minimum absolute atomic E-state index is 0.0900. The highest BCUT2D eigenvalue weighted by Gasteiger charge is 2.13. The molecule has 1 amide bonds. The minimum Gasteiger partial charge on any atom is -0.348 e. The monoisotopic (exact) mass is 378 g/mol. The Balaban J connectivity index is 1.60. The third kappa shape index (κ3) is 4.91. The van der Waals surface area contributed by atoms with Crippen LogP contribution in [0.15, 0.2) is 60.9 Å². The summed E-state index contributed by atoms with van der Waals surface area (Å²) in [5.41, 5.74) is 2.93. The third-order valence-electron chi connectivity index (χ3n) is 4.32. The van der Waals surface area contributed by atoms with Crippen LogP contribution in [-0.2, 0) is 12.0 Å². The molecule has 2 aromatic carbocycles. The van der Waals surface area contributed by atoms with Crippen molar-refractivity contribution < 1.29 is 9.18 Å². The van der Waals surface area contributed by atoms with Crippen LogP contribution in [0.1, 0.15) is 42.3 Å². The van der Waals surface area contributed by atoms with Crippen LogP contribution in [-0.4, -0.2) is 15.9 Å². The number of amides is 1. The number of rotatable bonds is 5. The van der Waals surface area contributed by atoms with E-state index in [2.05, 4.69) is 53.5 Å². The summed E-state index contributed by atoms with van der Waals surface area (Å²) in [5, 5.41) is 5.78. The van der Waals surface area contributed by atoms with Crippen LogP contribution >= 0.6 is 0 Å². The lowest BCUT2D eigenvalue weighted by molar-refractivity contribution is 0.0950. The van der Waals surface area contributed by atoms with E-state index in [0.717, 1.165) is 5.69 Å². The van der Waals surface area contributed by atoms with E-state index in [-0.39, 0.29) is 23.7 Å². The fourth-order valence-corrected chi connectivity index (χ4v) is 2.61. The number of hydrogen-bond donors (Lipinski definition) is 2. The number of anilines is 2. The van der Waals surface area contributed by atoms with E-state index in [9.17, 15) is 9.18 Å². The third-order valence-corrected chi connectivity index (χ3v) is 4.32. The van der Waals surface area contributed by atoms with Gasteiger partial charge >= 0.3 is 0 Å². The summed E-state index contributed by atoms with van der Waals surface area (Å²) < 4.78 is 13.6. The molecule has 0 aliphatic heterocycles. The quantitative estimate of drug-likeness (QED) is 0.682. The smallest absolute Gasteiger partial charge is 0.254 e. The number of carbonyl (C=O) groups is 1. The molecule has 0 aliphatic carbocycles. The maximum Gasteiger partial charge on any atom is 0.254 e. The largest absolute Gasteiger partial charge is 0.348 e. The number of nitrogens with one attached hydrogen (secondary N) is 2. The molecule has 28 heavy (non-hydrogen) atoms. The van der Waals surface area contributed by atoms with Crippen molar-refractivity contribution in [3.05, 3.63) is 83.4 Å². The second-order valence-corrected chi connectivity index (χ2v) is 7.52. The first-order chi connectivity index (χ1) is 13.3. The van der Waals surface area contributed by atoms with Gasteiger partial charge in [-0.05, 0) is 29.2 Å². The zero-order valence-corrected chi connectivity index (χ0v) is 16.2. The van der Waals surface area contributed by atoms with Crippen molar-refractivity contribution in [1.29, 1.82) is 0 Å². The molecule has 2 N–H and O–H groups in total. The van der Waals surface area contributed by atoms with E-state index in [1.54, 1.807) is 18.2 Å². The van der Waals surface area contributed by atoms with Gasteiger partial charge in [0.2, 0.25) is 5.95 Å². The molecule has 0 atom stereocenters. The molecule has 3 aromatic rings. The van der Waals surface area contributed by atoms with E-state index < -0.39 is 0 Å². The van der Waals surface area contributed by atoms with E-state index in [1.165, 1.54) is 24.0 Å². The Bertz CT molecular complexity index is 948.